The van der Waals surface area contributed by atoms with Crippen LogP contribution in [0.1, 0.15) is 30.2 Å². The second-order valence-electron chi connectivity index (χ2n) is 7.47. The van der Waals surface area contributed by atoms with Crippen molar-refractivity contribution < 1.29 is 27.8 Å². The number of pyridine rings is 1. The van der Waals surface area contributed by atoms with E-state index < -0.39 is 31.2 Å². The lowest BCUT2D eigenvalue weighted by Gasteiger charge is -2.22. The molecule has 2 N–H and O–H groups in total. The highest BCUT2D eigenvalue weighted by molar-refractivity contribution is 5.79. The van der Waals surface area contributed by atoms with Crippen LogP contribution in [0.4, 0.5) is 13.2 Å². The maximum Gasteiger partial charge on any atom is 0.315 e. The van der Waals surface area contributed by atoms with Crippen molar-refractivity contribution in [1.82, 2.24) is 15.2 Å². The monoisotopic (exact) mass is 437 g/mol. The van der Waals surface area contributed by atoms with Crippen LogP contribution in [0, 0.1) is 0 Å². The van der Waals surface area contributed by atoms with Crippen molar-refractivity contribution >= 4 is 5.91 Å². The number of aliphatic hydroxyl groups is 1. The summed E-state index contributed by atoms with van der Waals surface area (Å²) in [6, 6.07) is 9.03. The number of rotatable bonds is 8. The van der Waals surface area contributed by atoms with Gasteiger partial charge in [-0.25, -0.2) is 4.39 Å². The van der Waals surface area contributed by atoms with Crippen LogP contribution in [0.25, 0.3) is 11.1 Å². The Morgan fingerprint density at radius 2 is 1.90 bits per heavy atom. The maximum absolute atomic E-state index is 13.2. The lowest BCUT2D eigenvalue weighted by atomic mass is 9.99. The Kier molecular flexibility index (Phi) is 8.39. The molecule has 2 heterocycles. The summed E-state index contributed by atoms with van der Waals surface area (Å²) in [5, 5.41) is 12.1. The predicted molar refractivity (Wildman–Crippen MR) is 109 cm³/mol. The summed E-state index contributed by atoms with van der Waals surface area (Å²) in [6.45, 7) is 1.91. The molecule has 9 heteroatoms. The first kappa shape index (κ1) is 23.2. The van der Waals surface area contributed by atoms with Crippen LogP contribution >= 0.6 is 0 Å². The Morgan fingerprint density at radius 1 is 1.16 bits per heavy atom. The number of benzene rings is 1. The number of aromatic nitrogens is 1. The summed E-state index contributed by atoms with van der Waals surface area (Å²) in [5.41, 5.74) is 2.94. The molecular weight excluding hydrogens is 411 g/mol. The number of aliphatic hydroxyl groups excluding tert-OH is 1. The molecule has 2 aromatic rings. The van der Waals surface area contributed by atoms with Crippen LogP contribution < -0.4 is 5.32 Å². The molecular formula is C22H26F3N3O3. The molecule has 6 nitrogen and oxygen atoms in total. The van der Waals surface area contributed by atoms with Gasteiger partial charge in [0.2, 0.25) is 0 Å². The quantitative estimate of drug-likeness (QED) is 0.664. The molecule has 31 heavy (non-hydrogen) atoms. The number of alkyl halides is 3. The standard InChI is InChI=1S/C22H26F3N3O3/c23-11-19(27-22(30)21(24)25)20(29)16-5-3-15(4-6-16)17-7-8-18(26-12-17)13-28-9-1-2-10-31-14-28/h3-8,12,19-21,29H,1-2,9-11,13-14H2,(H,27,30). The lowest BCUT2D eigenvalue weighted by molar-refractivity contribution is -0.133. The molecule has 168 valence electrons. The van der Waals surface area contributed by atoms with Gasteiger partial charge >= 0.3 is 6.43 Å². The summed E-state index contributed by atoms with van der Waals surface area (Å²) in [5.74, 6) is -1.61. The molecule has 0 spiro atoms. The van der Waals surface area contributed by atoms with E-state index in [4.69, 9.17) is 4.74 Å². The molecule has 0 radical (unpaired) electrons. The van der Waals surface area contributed by atoms with Gasteiger partial charge in [0.15, 0.2) is 0 Å². The van der Waals surface area contributed by atoms with Crippen LogP contribution in [0.2, 0.25) is 0 Å². The molecule has 1 aromatic carbocycles. The highest BCUT2D eigenvalue weighted by atomic mass is 19.3. The van der Waals surface area contributed by atoms with Gasteiger partial charge in [0, 0.05) is 31.5 Å². The van der Waals surface area contributed by atoms with Gasteiger partial charge in [0.25, 0.3) is 5.91 Å². The van der Waals surface area contributed by atoms with Gasteiger partial charge in [-0.15, -0.1) is 0 Å². The number of nitrogens with one attached hydrogen (secondary N) is 1. The topological polar surface area (TPSA) is 74.7 Å². The maximum atomic E-state index is 13.2. The molecule has 2 atom stereocenters. The van der Waals surface area contributed by atoms with Crippen LogP contribution in [0.5, 0.6) is 0 Å². The fraction of sp³-hybridized carbons (Fsp3) is 0.455. The second kappa shape index (κ2) is 11.2. The Balaban J connectivity index is 1.63. The fourth-order valence-corrected chi connectivity index (χ4v) is 3.39. The molecule has 1 aliphatic heterocycles. The van der Waals surface area contributed by atoms with Crippen LogP contribution in [0.3, 0.4) is 0 Å². The lowest BCUT2D eigenvalue weighted by Crippen LogP contribution is -2.43. The molecule has 1 saturated heterocycles. The molecule has 1 amide bonds. The third-order valence-electron chi connectivity index (χ3n) is 5.16. The van der Waals surface area contributed by atoms with E-state index in [1.807, 2.05) is 17.4 Å². The Labute approximate surface area is 179 Å². The van der Waals surface area contributed by atoms with E-state index in [1.54, 1.807) is 30.5 Å². The van der Waals surface area contributed by atoms with E-state index in [2.05, 4.69) is 9.88 Å². The summed E-state index contributed by atoms with van der Waals surface area (Å²) in [6.07, 6.45) is -0.792. The normalized spacial score (nSPS) is 17.2. The average molecular weight is 437 g/mol. The van der Waals surface area contributed by atoms with Gasteiger partial charge in [0.05, 0.1) is 18.5 Å². The Bertz CT molecular complexity index is 826. The molecule has 1 fully saturated rings. The fourth-order valence-electron chi connectivity index (χ4n) is 3.39. The van der Waals surface area contributed by atoms with Crippen molar-refractivity contribution in [3.8, 4) is 11.1 Å². The van der Waals surface area contributed by atoms with Crippen molar-refractivity contribution in [3.05, 3.63) is 53.9 Å². The largest absolute Gasteiger partial charge is 0.386 e. The number of carbonyl (C=O) groups excluding carboxylic acids is 1. The first-order valence-electron chi connectivity index (χ1n) is 10.2. The summed E-state index contributed by atoms with van der Waals surface area (Å²) < 4.78 is 43.5. The minimum atomic E-state index is -3.27. The van der Waals surface area contributed by atoms with Crippen molar-refractivity contribution in [2.24, 2.45) is 0 Å². The smallest absolute Gasteiger partial charge is 0.315 e. The zero-order chi connectivity index (χ0) is 22.2. The average Bonchev–Trinajstić information content (AvgIpc) is 3.06. The van der Waals surface area contributed by atoms with Gasteiger partial charge in [-0.3, -0.25) is 14.7 Å². The zero-order valence-electron chi connectivity index (χ0n) is 17.0. The molecule has 3 rings (SSSR count). The number of hydrogen-bond acceptors (Lipinski definition) is 5. The van der Waals surface area contributed by atoms with E-state index in [9.17, 15) is 23.1 Å². The van der Waals surface area contributed by atoms with Crippen molar-refractivity contribution in [2.75, 3.05) is 26.6 Å². The van der Waals surface area contributed by atoms with Crippen LogP contribution in [-0.2, 0) is 16.1 Å². The van der Waals surface area contributed by atoms with E-state index in [-0.39, 0.29) is 0 Å². The van der Waals surface area contributed by atoms with E-state index in [1.165, 1.54) is 0 Å². The Morgan fingerprint density at radius 3 is 2.55 bits per heavy atom. The SMILES string of the molecule is O=C(NC(CF)C(O)c1ccc(-c2ccc(CN3CCCCOC3)nc2)cc1)C(F)F. The summed E-state index contributed by atoms with van der Waals surface area (Å²) in [7, 11) is 0. The number of hydrogen-bond donors (Lipinski definition) is 2. The summed E-state index contributed by atoms with van der Waals surface area (Å²) in [4.78, 5) is 17.8. The van der Waals surface area contributed by atoms with Crippen LogP contribution in [-0.4, -0.2) is 59.9 Å². The molecule has 1 aliphatic rings. The van der Waals surface area contributed by atoms with E-state index in [0.29, 0.717) is 18.8 Å². The number of carbonyl (C=O) groups is 1. The number of nitrogens with zero attached hydrogens (tertiary/aromatic N) is 2. The van der Waals surface area contributed by atoms with E-state index >= 15 is 0 Å². The molecule has 0 bridgehead atoms. The number of amides is 1. The first-order valence-corrected chi connectivity index (χ1v) is 10.2. The van der Waals surface area contributed by atoms with E-state index in [0.717, 1.165) is 42.8 Å². The third-order valence-corrected chi connectivity index (χ3v) is 5.16. The number of halogens is 3. The Hall–Kier alpha value is -2.49. The number of ether oxygens (including phenoxy) is 1. The minimum absolute atomic E-state index is 0.312. The predicted octanol–water partition coefficient (Wildman–Crippen LogP) is 3.07. The third kappa shape index (κ3) is 6.49. The highest BCUT2D eigenvalue weighted by Gasteiger charge is 2.26. The molecule has 2 unspecified atom stereocenters. The molecule has 1 aromatic heterocycles. The second-order valence-corrected chi connectivity index (χ2v) is 7.47. The van der Waals surface area contributed by atoms with Gasteiger partial charge in [-0.1, -0.05) is 30.3 Å². The highest BCUT2D eigenvalue weighted by Crippen LogP contribution is 2.24. The van der Waals surface area contributed by atoms with Gasteiger partial charge in [-0.05, 0) is 30.0 Å². The minimum Gasteiger partial charge on any atom is -0.386 e. The van der Waals surface area contributed by atoms with Crippen molar-refractivity contribution in [1.29, 1.82) is 0 Å². The van der Waals surface area contributed by atoms with Crippen molar-refractivity contribution in [2.45, 2.75) is 38.0 Å². The molecule has 0 aliphatic carbocycles. The van der Waals surface area contributed by atoms with Crippen LogP contribution in [0.15, 0.2) is 42.6 Å². The van der Waals surface area contributed by atoms with Crippen molar-refractivity contribution in [3.63, 3.8) is 0 Å². The van der Waals surface area contributed by atoms with Gasteiger partial charge in [0.1, 0.15) is 12.8 Å². The van der Waals surface area contributed by atoms with Gasteiger partial charge in [-0.2, -0.15) is 8.78 Å². The van der Waals surface area contributed by atoms with Gasteiger partial charge < -0.3 is 15.2 Å². The first-order chi connectivity index (χ1) is 15.0. The zero-order valence-corrected chi connectivity index (χ0v) is 17.0. The summed E-state index contributed by atoms with van der Waals surface area (Å²) >= 11 is 0. The molecule has 0 saturated carbocycles.